The highest BCUT2D eigenvalue weighted by Crippen LogP contribution is 2.21. The maximum Gasteiger partial charge on any atom is 0.137 e. The van der Waals surface area contributed by atoms with Gasteiger partial charge in [0.25, 0.3) is 0 Å². The molecule has 2 heteroatoms. The maximum atomic E-state index is 11.7. The molecular weight excluding hydrogens is 186 g/mol. The van der Waals surface area contributed by atoms with Gasteiger partial charge in [-0.25, -0.2) is 0 Å². The van der Waals surface area contributed by atoms with Gasteiger partial charge < -0.3 is 0 Å². The van der Waals surface area contributed by atoms with Crippen LogP contribution in [0.4, 0.5) is 0 Å². The van der Waals surface area contributed by atoms with E-state index in [0.717, 1.165) is 38.9 Å². The van der Waals surface area contributed by atoms with Crippen LogP contribution in [0, 0.1) is 5.92 Å². The normalized spacial score (nSPS) is 21.7. The number of nitrogens with zero attached hydrogens (tertiary/aromatic N) is 1. The van der Waals surface area contributed by atoms with Crippen LogP contribution in [0.3, 0.4) is 0 Å². The maximum absolute atomic E-state index is 11.7. The average Bonchev–Trinajstić information content (AvgIpc) is 2.22. The summed E-state index contributed by atoms with van der Waals surface area (Å²) in [7, 11) is 0. The fourth-order valence-electron chi connectivity index (χ4n) is 2.15. The number of carbonyl (C=O) groups excluding carboxylic acids is 1. The van der Waals surface area contributed by atoms with Crippen LogP contribution in [-0.2, 0) is 4.79 Å². The van der Waals surface area contributed by atoms with Crippen LogP contribution in [-0.4, -0.2) is 30.3 Å². The minimum atomic E-state index is 0.249. The van der Waals surface area contributed by atoms with Crippen LogP contribution in [0.25, 0.3) is 0 Å². The summed E-state index contributed by atoms with van der Waals surface area (Å²) in [6.45, 7) is 10.0. The fraction of sp³-hybridized carbons (Fsp3) is 0.615. The Balaban J connectivity index is 2.43. The van der Waals surface area contributed by atoms with Gasteiger partial charge in [0, 0.05) is 32.0 Å². The summed E-state index contributed by atoms with van der Waals surface area (Å²) in [5, 5.41) is 0. The highest BCUT2D eigenvalue weighted by Gasteiger charge is 2.23. The molecule has 0 radical (unpaired) electrons. The van der Waals surface area contributed by atoms with Gasteiger partial charge in [-0.15, -0.1) is 13.2 Å². The van der Waals surface area contributed by atoms with Crippen LogP contribution in [0.5, 0.6) is 0 Å². The summed E-state index contributed by atoms with van der Waals surface area (Å²) < 4.78 is 0. The van der Waals surface area contributed by atoms with E-state index in [9.17, 15) is 4.79 Å². The van der Waals surface area contributed by atoms with Gasteiger partial charge in [-0.3, -0.25) is 9.69 Å². The van der Waals surface area contributed by atoms with Gasteiger partial charge in [0.15, 0.2) is 0 Å². The second-order valence-electron chi connectivity index (χ2n) is 4.20. The summed E-state index contributed by atoms with van der Waals surface area (Å²) in [5.41, 5.74) is 0. The summed E-state index contributed by atoms with van der Waals surface area (Å²) >= 11 is 0. The Kier molecular flexibility index (Phi) is 5.33. The molecule has 1 rings (SSSR count). The number of rotatable bonds is 6. The lowest BCUT2D eigenvalue weighted by Gasteiger charge is -2.27. The molecule has 1 atom stereocenters. The predicted octanol–water partition coefficient (Wildman–Crippen LogP) is 2.42. The van der Waals surface area contributed by atoms with E-state index in [-0.39, 0.29) is 5.92 Å². The van der Waals surface area contributed by atoms with Crippen molar-refractivity contribution in [3.05, 3.63) is 25.3 Å². The quantitative estimate of drug-likeness (QED) is 0.623. The van der Waals surface area contributed by atoms with E-state index >= 15 is 0 Å². The van der Waals surface area contributed by atoms with Crippen LogP contribution in [0.2, 0.25) is 0 Å². The van der Waals surface area contributed by atoms with Crippen molar-refractivity contribution in [2.75, 3.05) is 19.6 Å². The smallest absolute Gasteiger partial charge is 0.137 e. The minimum absolute atomic E-state index is 0.249. The molecule has 0 aromatic rings. The van der Waals surface area contributed by atoms with Gasteiger partial charge in [0.1, 0.15) is 5.78 Å². The third kappa shape index (κ3) is 4.00. The zero-order chi connectivity index (χ0) is 11.1. The van der Waals surface area contributed by atoms with Crippen LogP contribution >= 0.6 is 0 Å². The lowest BCUT2D eigenvalue weighted by Crippen LogP contribution is -2.35. The topological polar surface area (TPSA) is 20.3 Å². The average molecular weight is 207 g/mol. The van der Waals surface area contributed by atoms with E-state index in [0.29, 0.717) is 5.78 Å². The molecule has 1 saturated carbocycles. The second-order valence-corrected chi connectivity index (χ2v) is 4.20. The van der Waals surface area contributed by atoms with Crippen LogP contribution in [0.15, 0.2) is 25.3 Å². The molecule has 0 heterocycles. The summed E-state index contributed by atoms with van der Waals surface area (Å²) in [4.78, 5) is 13.9. The van der Waals surface area contributed by atoms with E-state index in [2.05, 4.69) is 18.1 Å². The Hall–Kier alpha value is -0.890. The minimum Gasteiger partial charge on any atom is -0.299 e. The van der Waals surface area contributed by atoms with E-state index in [4.69, 9.17) is 0 Å². The first-order valence-corrected chi connectivity index (χ1v) is 5.74. The van der Waals surface area contributed by atoms with Crippen molar-refractivity contribution in [3.8, 4) is 0 Å². The third-order valence-electron chi connectivity index (χ3n) is 2.93. The lowest BCUT2D eigenvalue weighted by molar-refractivity contribution is -0.125. The Bertz CT molecular complexity index is 225. The van der Waals surface area contributed by atoms with Crippen molar-refractivity contribution in [2.24, 2.45) is 5.92 Å². The number of ketones is 1. The first-order chi connectivity index (χ1) is 7.27. The number of hydrogen-bond donors (Lipinski definition) is 0. The molecule has 0 N–H and O–H groups in total. The van der Waals surface area contributed by atoms with Crippen LogP contribution < -0.4 is 0 Å². The summed E-state index contributed by atoms with van der Waals surface area (Å²) in [6.07, 6.45) is 7.89. The van der Waals surface area contributed by atoms with E-state index in [1.807, 2.05) is 12.2 Å². The Labute approximate surface area is 92.7 Å². The van der Waals surface area contributed by atoms with Gasteiger partial charge in [-0.2, -0.15) is 0 Å². The van der Waals surface area contributed by atoms with Gasteiger partial charge in [-0.05, 0) is 12.8 Å². The van der Waals surface area contributed by atoms with E-state index in [1.54, 1.807) is 0 Å². The molecule has 1 aliphatic rings. The number of carbonyl (C=O) groups is 1. The van der Waals surface area contributed by atoms with E-state index < -0.39 is 0 Å². The SMILES string of the molecule is C=CCN(CC=C)CC1CCCCC1=O. The van der Waals surface area contributed by atoms with Crippen molar-refractivity contribution >= 4 is 5.78 Å². The monoisotopic (exact) mass is 207 g/mol. The Morgan fingerprint density at radius 2 is 1.93 bits per heavy atom. The zero-order valence-corrected chi connectivity index (χ0v) is 9.45. The van der Waals surface area contributed by atoms with Crippen molar-refractivity contribution < 1.29 is 4.79 Å². The highest BCUT2D eigenvalue weighted by molar-refractivity contribution is 5.81. The van der Waals surface area contributed by atoms with E-state index in [1.165, 1.54) is 6.42 Å². The molecule has 1 unspecified atom stereocenters. The summed E-state index contributed by atoms with van der Waals surface area (Å²) in [5.74, 6) is 0.693. The van der Waals surface area contributed by atoms with Gasteiger partial charge >= 0.3 is 0 Å². The molecule has 2 nitrogen and oxygen atoms in total. The molecule has 84 valence electrons. The molecule has 0 amide bonds. The number of hydrogen-bond acceptors (Lipinski definition) is 2. The molecule has 0 spiro atoms. The van der Waals surface area contributed by atoms with Gasteiger partial charge in [-0.1, -0.05) is 18.6 Å². The molecule has 0 aromatic carbocycles. The lowest BCUT2D eigenvalue weighted by atomic mass is 9.87. The fourth-order valence-corrected chi connectivity index (χ4v) is 2.15. The molecular formula is C13H21NO. The Morgan fingerprint density at radius 3 is 2.47 bits per heavy atom. The van der Waals surface area contributed by atoms with Crippen molar-refractivity contribution in [3.63, 3.8) is 0 Å². The molecule has 0 aromatic heterocycles. The Morgan fingerprint density at radius 1 is 1.27 bits per heavy atom. The molecule has 0 aliphatic heterocycles. The standard InChI is InChI=1S/C13H21NO/c1-3-9-14(10-4-2)11-12-7-5-6-8-13(12)15/h3-4,12H,1-2,5-11H2. The highest BCUT2D eigenvalue weighted by atomic mass is 16.1. The van der Waals surface area contributed by atoms with Crippen LogP contribution in [0.1, 0.15) is 25.7 Å². The largest absolute Gasteiger partial charge is 0.299 e. The first-order valence-electron chi connectivity index (χ1n) is 5.74. The summed E-state index contributed by atoms with van der Waals surface area (Å²) in [6, 6.07) is 0. The molecule has 15 heavy (non-hydrogen) atoms. The molecule has 0 saturated heterocycles. The number of Topliss-reactive ketones (excluding diaryl/α,β-unsaturated/α-hetero) is 1. The molecule has 1 aliphatic carbocycles. The van der Waals surface area contributed by atoms with Gasteiger partial charge in [0.05, 0.1) is 0 Å². The van der Waals surface area contributed by atoms with Crippen molar-refractivity contribution in [2.45, 2.75) is 25.7 Å². The van der Waals surface area contributed by atoms with Crippen molar-refractivity contribution in [1.29, 1.82) is 0 Å². The molecule has 1 fully saturated rings. The second kappa shape index (κ2) is 6.57. The first kappa shape index (κ1) is 12.2. The van der Waals surface area contributed by atoms with Gasteiger partial charge in [0.2, 0.25) is 0 Å². The van der Waals surface area contributed by atoms with Crippen molar-refractivity contribution in [1.82, 2.24) is 4.90 Å². The molecule has 0 bridgehead atoms. The predicted molar refractivity (Wildman–Crippen MR) is 63.8 cm³/mol. The third-order valence-corrected chi connectivity index (χ3v) is 2.93. The zero-order valence-electron chi connectivity index (χ0n) is 9.45.